The molecule has 0 atom stereocenters. The van der Waals surface area contributed by atoms with Crippen LogP contribution in [0.4, 0.5) is 11.8 Å². The van der Waals surface area contributed by atoms with Crippen LogP contribution in [0, 0.1) is 0 Å². The SMILES string of the molecule is CCN(Cc1ccccc1)c1nc(N)nc2ccccc12. The van der Waals surface area contributed by atoms with E-state index in [1.807, 2.05) is 30.3 Å². The molecule has 4 heteroatoms. The Hall–Kier alpha value is -2.62. The van der Waals surface area contributed by atoms with Crippen LogP contribution in [0.5, 0.6) is 0 Å². The average Bonchev–Trinajstić information content (AvgIpc) is 2.53. The summed E-state index contributed by atoms with van der Waals surface area (Å²) in [7, 11) is 0. The van der Waals surface area contributed by atoms with Crippen LogP contribution < -0.4 is 10.6 Å². The molecule has 1 aromatic heterocycles. The third kappa shape index (κ3) is 2.79. The first-order valence-corrected chi connectivity index (χ1v) is 7.09. The normalized spacial score (nSPS) is 10.7. The number of para-hydroxylation sites is 1. The Kier molecular flexibility index (Phi) is 3.69. The lowest BCUT2D eigenvalue weighted by Crippen LogP contribution is -2.24. The van der Waals surface area contributed by atoms with Crippen LogP contribution in [0.2, 0.25) is 0 Å². The highest BCUT2D eigenvalue weighted by atomic mass is 15.2. The molecule has 0 saturated heterocycles. The molecule has 3 rings (SSSR count). The molecule has 0 saturated carbocycles. The number of nitrogens with two attached hydrogens (primary N) is 1. The molecule has 106 valence electrons. The highest BCUT2D eigenvalue weighted by Crippen LogP contribution is 2.25. The van der Waals surface area contributed by atoms with Gasteiger partial charge in [-0.1, -0.05) is 42.5 Å². The van der Waals surface area contributed by atoms with Crippen molar-refractivity contribution < 1.29 is 0 Å². The summed E-state index contributed by atoms with van der Waals surface area (Å²) in [6.07, 6.45) is 0. The Bertz CT molecular complexity index is 740. The van der Waals surface area contributed by atoms with E-state index < -0.39 is 0 Å². The van der Waals surface area contributed by atoms with Crippen molar-refractivity contribution in [3.63, 3.8) is 0 Å². The standard InChI is InChI=1S/C17H18N4/c1-2-21(12-13-8-4-3-5-9-13)16-14-10-6-7-11-15(14)19-17(18)20-16/h3-11H,2,12H2,1H3,(H2,18,19,20). The Morgan fingerprint density at radius 2 is 1.67 bits per heavy atom. The second-order valence-electron chi connectivity index (χ2n) is 4.92. The van der Waals surface area contributed by atoms with Crippen molar-refractivity contribution in [2.75, 3.05) is 17.2 Å². The van der Waals surface area contributed by atoms with Crippen LogP contribution in [0.3, 0.4) is 0 Å². The molecule has 0 fully saturated rings. The molecule has 0 radical (unpaired) electrons. The molecule has 1 heterocycles. The smallest absolute Gasteiger partial charge is 0.222 e. The van der Waals surface area contributed by atoms with E-state index in [4.69, 9.17) is 5.73 Å². The molecule has 21 heavy (non-hydrogen) atoms. The predicted molar refractivity (Wildman–Crippen MR) is 87.1 cm³/mol. The average molecular weight is 278 g/mol. The second kappa shape index (κ2) is 5.79. The van der Waals surface area contributed by atoms with E-state index in [-0.39, 0.29) is 0 Å². The lowest BCUT2D eigenvalue weighted by atomic mass is 10.2. The van der Waals surface area contributed by atoms with Crippen molar-refractivity contribution in [1.29, 1.82) is 0 Å². The first-order valence-electron chi connectivity index (χ1n) is 7.09. The molecule has 2 N–H and O–H groups in total. The van der Waals surface area contributed by atoms with Crippen LogP contribution in [-0.4, -0.2) is 16.5 Å². The molecule has 0 unspecified atom stereocenters. The van der Waals surface area contributed by atoms with E-state index in [9.17, 15) is 0 Å². The van der Waals surface area contributed by atoms with Gasteiger partial charge in [-0.05, 0) is 24.6 Å². The van der Waals surface area contributed by atoms with Crippen LogP contribution in [-0.2, 0) is 6.54 Å². The number of nitrogens with zero attached hydrogens (tertiary/aromatic N) is 3. The van der Waals surface area contributed by atoms with Crippen LogP contribution >= 0.6 is 0 Å². The molecule has 0 aliphatic carbocycles. The van der Waals surface area contributed by atoms with Gasteiger partial charge in [0.15, 0.2) is 0 Å². The fraction of sp³-hybridized carbons (Fsp3) is 0.176. The molecule has 0 amide bonds. The molecule has 2 aromatic carbocycles. The van der Waals surface area contributed by atoms with Crippen LogP contribution in [0.1, 0.15) is 12.5 Å². The maximum atomic E-state index is 5.86. The highest BCUT2D eigenvalue weighted by molar-refractivity contribution is 5.90. The predicted octanol–water partition coefficient (Wildman–Crippen LogP) is 3.24. The lowest BCUT2D eigenvalue weighted by molar-refractivity contribution is 0.818. The molecule has 4 nitrogen and oxygen atoms in total. The molecule has 0 aliphatic heterocycles. The van der Waals surface area contributed by atoms with Crippen molar-refractivity contribution in [3.05, 3.63) is 60.2 Å². The molecule has 0 spiro atoms. The Labute approximate surface area is 124 Å². The summed E-state index contributed by atoms with van der Waals surface area (Å²) in [6.45, 7) is 3.78. The van der Waals surface area contributed by atoms with Crippen molar-refractivity contribution in [1.82, 2.24) is 9.97 Å². The summed E-state index contributed by atoms with van der Waals surface area (Å²) in [4.78, 5) is 11.0. The van der Waals surface area contributed by atoms with Gasteiger partial charge >= 0.3 is 0 Å². The summed E-state index contributed by atoms with van der Waals surface area (Å²) in [5.41, 5.74) is 7.99. The van der Waals surface area contributed by atoms with Gasteiger partial charge in [0.2, 0.25) is 5.95 Å². The molecule has 0 bridgehead atoms. The van der Waals surface area contributed by atoms with Gasteiger partial charge in [-0.2, -0.15) is 4.98 Å². The third-order valence-electron chi connectivity index (χ3n) is 3.50. The number of fused-ring (bicyclic) bond motifs is 1. The van der Waals surface area contributed by atoms with E-state index >= 15 is 0 Å². The summed E-state index contributed by atoms with van der Waals surface area (Å²) >= 11 is 0. The van der Waals surface area contributed by atoms with Gasteiger partial charge in [-0.3, -0.25) is 0 Å². The Morgan fingerprint density at radius 3 is 2.43 bits per heavy atom. The number of hydrogen-bond acceptors (Lipinski definition) is 4. The van der Waals surface area contributed by atoms with Crippen LogP contribution in [0.25, 0.3) is 10.9 Å². The monoisotopic (exact) mass is 278 g/mol. The number of rotatable bonds is 4. The van der Waals surface area contributed by atoms with E-state index in [0.717, 1.165) is 29.8 Å². The fourth-order valence-electron chi connectivity index (χ4n) is 2.46. The zero-order valence-corrected chi connectivity index (χ0v) is 12.0. The first kappa shape index (κ1) is 13.4. The van der Waals surface area contributed by atoms with Gasteiger partial charge < -0.3 is 10.6 Å². The van der Waals surface area contributed by atoms with Gasteiger partial charge in [-0.15, -0.1) is 0 Å². The number of anilines is 2. The summed E-state index contributed by atoms with van der Waals surface area (Å²) < 4.78 is 0. The quantitative estimate of drug-likeness (QED) is 0.796. The Balaban J connectivity index is 2.04. The molecular formula is C17H18N4. The van der Waals surface area contributed by atoms with Crippen molar-refractivity contribution >= 4 is 22.7 Å². The van der Waals surface area contributed by atoms with E-state index in [0.29, 0.717) is 5.95 Å². The minimum atomic E-state index is 0.315. The number of aromatic nitrogens is 2. The highest BCUT2D eigenvalue weighted by Gasteiger charge is 2.12. The minimum absolute atomic E-state index is 0.315. The van der Waals surface area contributed by atoms with Gasteiger partial charge in [0, 0.05) is 18.5 Å². The number of hydrogen-bond donors (Lipinski definition) is 1. The van der Waals surface area contributed by atoms with Crippen LogP contribution in [0.15, 0.2) is 54.6 Å². The minimum Gasteiger partial charge on any atom is -0.368 e. The van der Waals surface area contributed by atoms with Gasteiger partial charge in [0.25, 0.3) is 0 Å². The van der Waals surface area contributed by atoms with Crippen molar-refractivity contribution in [3.8, 4) is 0 Å². The van der Waals surface area contributed by atoms with Crippen molar-refractivity contribution in [2.24, 2.45) is 0 Å². The summed E-state index contributed by atoms with van der Waals surface area (Å²) in [5.74, 6) is 1.21. The zero-order chi connectivity index (χ0) is 14.7. The number of nitrogen functional groups attached to an aromatic ring is 1. The summed E-state index contributed by atoms with van der Waals surface area (Å²) in [6, 6.07) is 18.3. The van der Waals surface area contributed by atoms with Crippen molar-refractivity contribution in [2.45, 2.75) is 13.5 Å². The first-order chi connectivity index (χ1) is 10.3. The van der Waals surface area contributed by atoms with E-state index in [2.05, 4.69) is 46.1 Å². The molecule has 0 aliphatic rings. The fourth-order valence-corrected chi connectivity index (χ4v) is 2.46. The largest absolute Gasteiger partial charge is 0.368 e. The third-order valence-corrected chi connectivity index (χ3v) is 3.50. The zero-order valence-electron chi connectivity index (χ0n) is 12.0. The van der Waals surface area contributed by atoms with E-state index in [1.165, 1.54) is 5.56 Å². The maximum absolute atomic E-state index is 5.86. The van der Waals surface area contributed by atoms with Gasteiger partial charge in [0.05, 0.1) is 5.52 Å². The maximum Gasteiger partial charge on any atom is 0.222 e. The molecule has 3 aromatic rings. The molecular weight excluding hydrogens is 260 g/mol. The number of benzene rings is 2. The Morgan fingerprint density at radius 1 is 0.952 bits per heavy atom. The summed E-state index contributed by atoms with van der Waals surface area (Å²) in [5, 5.41) is 1.03. The second-order valence-corrected chi connectivity index (χ2v) is 4.92. The van der Waals surface area contributed by atoms with Gasteiger partial charge in [0.1, 0.15) is 5.82 Å². The lowest BCUT2D eigenvalue weighted by Gasteiger charge is -2.23. The van der Waals surface area contributed by atoms with Gasteiger partial charge in [-0.25, -0.2) is 4.98 Å². The van der Waals surface area contributed by atoms with E-state index in [1.54, 1.807) is 0 Å². The topological polar surface area (TPSA) is 55.0 Å².